The smallest absolute Gasteiger partial charge is 0.162 e. The molecule has 0 spiro atoms. The SMILES string of the molecule is C#Cc1nc(-c2ccccc2)nc(Cl)c1N. The Morgan fingerprint density at radius 1 is 1.19 bits per heavy atom. The van der Waals surface area contributed by atoms with E-state index in [0.717, 1.165) is 5.56 Å². The summed E-state index contributed by atoms with van der Waals surface area (Å²) in [6, 6.07) is 9.44. The number of nitrogens with zero attached hydrogens (tertiary/aromatic N) is 2. The number of benzene rings is 1. The lowest BCUT2D eigenvalue weighted by Gasteiger charge is -2.04. The first kappa shape index (κ1) is 10.5. The van der Waals surface area contributed by atoms with Crippen LogP contribution in [0.3, 0.4) is 0 Å². The van der Waals surface area contributed by atoms with Gasteiger partial charge in [-0.2, -0.15) is 0 Å². The summed E-state index contributed by atoms with van der Waals surface area (Å²) in [4.78, 5) is 8.25. The largest absolute Gasteiger partial charge is 0.394 e. The number of rotatable bonds is 1. The highest BCUT2D eigenvalue weighted by Crippen LogP contribution is 2.23. The fourth-order valence-electron chi connectivity index (χ4n) is 1.27. The first-order chi connectivity index (χ1) is 7.72. The van der Waals surface area contributed by atoms with E-state index in [1.807, 2.05) is 30.3 Å². The molecule has 0 aliphatic heterocycles. The Kier molecular flexibility index (Phi) is 2.76. The van der Waals surface area contributed by atoms with Gasteiger partial charge in [-0.05, 0) is 5.92 Å². The lowest BCUT2D eigenvalue weighted by Crippen LogP contribution is -2.00. The molecule has 0 bridgehead atoms. The highest BCUT2D eigenvalue weighted by molar-refractivity contribution is 6.32. The molecule has 1 aromatic carbocycles. The normalized spacial score (nSPS) is 9.75. The summed E-state index contributed by atoms with van der Waals surface area (Å²) in [5.41, 5.74) is 7.05. The molecule has 0 saturated heterocycles. The molecule has 1 aromatic heterocycles. The summed E-state index contributed by atoms with van der Waals surface area (Å²) in [6.45, 7) is 0. The molecule has 16 heavy (non-hydrogen) atoms. The molecular formula is C12H8ClN3. The second-order valence-corrected chi connectivity index (χ2v) is 3.47. The molecule has 3 nitrogen and oxygen atoms in total. The Hall–Kier alpha value is -2.05. The first-order valence-corrected chi connectivity index (χ1v) is 4.95. The fourth-order valence-corrected chi connectivity index (χ4v) is 1.44. The number of hydrogen-bond donors (Lipinski definition) is 1. The predicted molar refractivity (Wildman–Crippen MR) is 64.8 cm³/mol. The molecule has 0 aliphatic carbocycles. The van der Waals surface area contributed by atoms with Gasteiger partial charge in [-0.1, -0.05) is 41.9 Å². The average molecular weight is 230 g/mol. The van der Waals surface area contributed by atoms with Crippen LogP contribution in [0.5, 0.6) is 0 Å². The van der Waals surface area contributed by atoms with Crippen molar-refractivity contribution >= 4 is 17.3 Å². The van der Waals surface area contributed by atoms with E-state index in [0.29, 0.717) is 11.5 Å². The molecule has 0 fully saturated rings. The van der Waals surface area contributed by atoms with Gasteiger partial charge in [0.2, 0.25) is 0 Å². The zero-order valence-electron chi connectivity index (χ0n) is 8.31. The fraction of sp³-hybridized carbons (Fsp3) is 0. The molecule has 1 heterocycles. The summed E-state index contributed by atoms with van der Waals surface area (Å²) in [5.74, 6) is 2.87. The number of terminal acetylenes is 1. The monoisotopic (exact) mass is 229 g/mol. The number of nitrogen functional groups attached to an aromatic ring is 1. The Bertz CT molecular complexity index is 558. The van der Waals surface area contributed by atoms with Crippen LogP contribution >= 0.6 is 11.6 Å². The molecule has 0 atom stereocenters. The standard InChI is InChI=1S/C12H8ClN3/c1-2-9-10(14)11(13)16-12(15-9)8-6-4-3-5-7-8/h1,3-7H,14H2. The van der Waals surface area contributed by atoms with E-state index in [1.165, 1.54) is 0 Å². The van der Waals surface area contributed by atoms with Gasteiger partial charge >= 0.3 is 0 Å². The summed E-state index contributed by atoms with van der Waals surface area (Å²) in [7, 11) is 0. The van der Waals surface area contributed by atoms with Crippen molar-refractivity contribution in [1.29, 1.82) is 0 Å². The number of nitrogens with two attached hydrogens (primary N) is 1. The van der Waals surface area contributed by atoms with Crippen LogP contribution in [0.2, 0.25) is 5.15 Å². The predicted octanol–water partition coefficient (Wildman–Crippen LogP) is 2.36. The molecule has 2 rings (SSSR count). The van der Waals surface area contributed by atoms with Crippen LogP contribution in [0.25, 0.3) is 11.4 Å². The molecule has 2 N–H and O–H groups in total. The maximum atomic E-state index is 5.88. The zero-order valence-corrected chi connectivity index (χ0v) is 9.07. The van der Waals surface area contributed by atoms with Gasteiger partial charge in [-0.25, -0.2) is 9.97 Å². The maximum absolute atomic E-state index is 5.88. The average Bonchev–Trinajstić information content (AvgIpc) is 2.33. The molecule has 0 saturated carbocycles. The van der Waals surface area contributed by atoms with E-state index in [4.69, 9.17) is 23.8 Å². The van der Waals surface area contributed by atoms with Gasteiger partial charge in [-0.15, -0.1) is 6.42 Å². The first-order valence-electron chi connectivity index (χ1n) is 4.57. The van der Waals surface area contributed by atoms with E-state index in [-0.39, 0.29) is 10.8 Å². The van der Waals surface area contributed by atoms with Crippen molar-refractivity contribution in [3.05, 3.63) is 41.2 Å². The third-order valence-electron chi connectivity index (χ3n) is 2.07. The molecule has 0 amide bonds. The minimum Gasteiger partial charge on any atom is -0.394 e. The summed E-state index contributed by atoms with van der Waals surface area (Å²) < 4.78 is 0. The molecule has 2 aromatic rings. The Labute approximate surface area is 98.3 Å². The lowest BCUT2D eigenvalue weighted by molar-refractivity contribution is 1.16. The van der Waals surface area contributed by atoms with E-state index >= 15 is 0 Å². The highest BCUT2D eigenvalue weighted by atomic mass is 35.5. The van der Waals surface area contributed by atoms with Crippen molar-refractivity contribution in [1.82, 2.24) is 9.97 Å². The Morgan fingerprint density at radius 2 is 1.88 bits per heavy atom. The number of anilines is 1. The molecule has 0 unspecified atom stereocenters. The molecule has 78 valence electrons. The zero-order chi connectivity index (χ0) is 11.5. The Morgan fingerprint density at radius 3 is 2.50 bits per heavy atom. The summed E-state index contributed by atoms with van der Waals surface area (Å²) >= 11 is 5.88. The third kappa shape index (κ3) is 1.83. The van der Waals surface area contributed by atoms with Crippen LogP contribution in [-0.4, -0.2) is 9.97 Å². The molecule has 0 radical (unpaired) electrons. The van der Waals surface area contributed by atoms with Crippen molar-refractivity contribution in [2.75, 3.05) is 5.73 Å². The molecule has 4 heteroatoms. The van der Waals surface area contributed by atoms with E-state index in [2.05, 4.69) is 15.9 Å². The van der Waals surface area contributed by atoms with Crippen LogP contribution < -0.4 is 5.73 Å². The van der Waals surface area contributed by atoms with Crippen LogP contribution in [0.1, 0.15) is 5.69 Å². The summed E-state index contributed by atoms with van der Waals surface area (Å²) in [6.07, 6.45) is 5.29. The van der Waals surface area contributed by atoms with Gasteiger partial charge in [0.05, 0.1) is 0 Å². The van der Waals surface area contributed by atoms with Crippen LogP contribution in [0, 0.1) is 12.3 Å². The van der Waals surface area contributed by atoms with E-state index < -0.39 is 0 Å². The number of aromatic nitrogens is 2. The topological polar surface area (TPSA) is 51.8 Å². The minimum absolute atomic E-state index is 0.182. The Balaban J connectivity index is 2.61. The third-order valence-corrected chi connectivity index (χ3v) is 2.36. The van der Waals surface area contributed by atoms with E-state index in [1.54, 1.807) is 0 Å². The number of halogens is 1. The second kappa shape index (κ2) is 4.21. The van der Waals surface area contributed by atoms with Crippen molar-refractivity contribution < 1.29 is 0 Å². The minimum atomic E-state index is 0.182. The second-order valence-electron chi connectivity index (χ2n) is 3.11. The van der Waals surface area contributed by atoms with Gasteiger partial charge in [0.15, 0.2) is 11.0 Å². The van der Waals surface area contributed by atoms with Crippen molar-refractivity contribution in [3.8, 4) is 23.7 Å². The quantitative estimate of drug-likeness (QED) is 0.603. The summed E-state index contributed by atoms with van der Waals surface area (Å²) in [5, 5.41) is 0.182. The lowest BCUT2D eigenvalue weighted by atomic mass is 10.2. The highest BCUT2D eigenvalue weighted by Gasteiger charge is 2.09. The van der Waals surface area contributed by atoms with Gasteiger partial charge in [0, 0.05) is 5.56 Å². The van der Waals surface area contributed by atoms with E-state index in [9.17, 15) is 0 Å². The van der Waals surface area contributed by atoms with Crippen LogP contribution in [0.15, 0.2) is 30.3 Å². The van der Waals surface area contributed by atoms with Crippen LogP contribution in [-0.2, 0) is 0 Å². The van der Waals surface area contributed by atoms with Crippen molar-refractivity contribution in [2.45, 2.75) is 0 Å². The molecule has 0 aliphatic rings. The van der Waals surface area contributed by atoms with Gasteiger partial charge in [0.1, 0.15) is 11.4 Å². The van der Waals surface area contributed by atoms with Crippen molar-refractivity contribution in [3.63, 3.8) is 0 Å². The number of hydrogen-bond acceptors (Lipinski definition) is 3. The maximum Gasteiger partial charge on any atom is 0.162 e. The van der Waals surface area contributed by atoms with Gasteiger partial charge in [-0.3, -0.25) is 0 Å². The van der Waals surface area contributed by atoms with Gasteiger partial charge < -0.3 is 5.73 Å². The molecular weight excluding hydrogens is 222 g/mol. The van der Waals surface area contributed by atoms with Crippen molar-refractivity contribution in [2.24, 2.45) is 0 Å². The van der Waals surface area contributed by atoms with Crippen LogP contribution in [0.4, 0.5) is 5.69 Å². The van der Waals surface area contributed by atoms with Gasteiger partial charge in [0.25, 0.3) is 0 Å².